The van der Waals surface area contributed by atoms with Crippen LogP contribution >= 0.6 is 11.8 Å². The number of rotatable bonds is 2. The van der Waals surface area contributed by atoms with E-state index in [0.29, 0.717) is 11.8 Å². The van der Waals surface area contributed by atoms with E-state index < -0.39 is 0 Å². The Labute approximate surface area is 98.2 Å². The maximum absolute atomic E-state index is 5.61. The Morgan fingerprint density at radius 3 is 3.19 bits per heavy atom. The van der Waals surface area contributed by atoms with Gasteiger partial charge >= 0.3 is 0 Å². The molecule has 2 aromatic heterocycles. The summed E-state index contributed by atoms with van der Waals surface area (Å²) in [6, 6.07) is 4.05. The highest BCUT2D eigenvalue weighted by Crippen LogP contribution is 2.38. The molecule has 3 rings (SSSR count). The fourth-order valence-corrected chi connectivity index (χ4v) is 3.34. The van der Waals surface area contributed by atoms with Crippen molar-refractivity contribution in [3.8, 4) is 0 Å². The normalized spacial score (nSPS) is 20.7. The van der Waals surface area contributed by atoms with E-state index in [1.165, 1.54) is 18.6 Å². The second-order valence-electron chi connectivity index (χ2n) is 4.03. The zero-order chi connectivity index (χ0) is 11.0. The van der Waals surface area contributed by atoms with Gasteiger partial charge in [-0.15, -0.1) is 10.2 Å². The van der Waals surface area contributed by atoms with Crippen LogP contribution in [0.5, 0.6) is 0 Å². The molecule has 5 heteroatoms. The number of nitrogens with zero attached hydrogens (tertiary/aromatic N) is 3. The molecule has 1 fully saturated rings. The standard InChI is InChI=1S/C11H14N4S/c12-7-8-3-4-15-10(6-8)13-14-11(15)9-2-1-5-16-9/h3-4,6,9H,1-2,5,7,12H2. The number of thioether (sulfide) groups is 1. The van der Waals surface area contributed by atoms with Gasteiger partial charge in [0.2, 0.25) is 0 Å². The Balaban J connectivity index is 2.06. The van der Waals surface area contributed by atoms with Crippen molar-refractivity contribution < 1.29 is 0 Å². The number of hydrogen-bond donors (Lipinski definition) is 1. The van der Waals surface area contributed by atoms with Crippen molar-refractivity contribution >= 4 is 17.4 Å². The first-order valence-electron chi connectivity index (χ1n) is 5.54. The molecule has 84 valence electrons. The minimum Gasteiger partial charge on any atom is -0.326 e. The minimum absolute atomic E-state index is 0.513. The number of hydrogen-bond acceptors (Lipinski definition) is 4. The lowest BCUT2D eigenvalue weighted by Crippen LogP contribution is -2.00. The van der Waals surface area contributed by atoms with Crippen LogP contribution in [0.3, 0.4) is 0 Å². The molecule has 0 radical (unpaired) electrons. The van der Waals surface area contributed by atoms with E-state index in [9.17, 15) is 0 Å². The van der Waals surface area contributed by atoms with Gasteiger partial charge in [0.1, 0.15) is 0 Å². The van der Waals surface area contributed by atoms with Gasteiger partial charge in [0, 0.05) is 12.7 Å². The second-order valence-corrected chi connectivity index (χ2v) is 5.34. The third-order valence-corrected chi connectivity index (χ3v) is 4.33. The third kappa shape index (κ3) is 1.60. The van der Waals surface area contributed by atoms with Crippen LogP contribution in [-0.4, -0.2) is 20.4 Å². The summed E-state index contributed by atoms with van der Waals surface area (Å²) in [7, 11) is 0. The first-order valence-corrected chi connectivity index (χ1v) is 6.58. The third-order valence-electron chi connectivity index (χ3n) is 2.95. The summed E-state index contributed by atoms with van der Waals surface area (Å²) >= 11 is 1.98. The zero-order valence-corrected chi connectivity index (χ0v) is 9.78. The molecule has 2 N–H and O–H groups in total. The molecule has 4 nitrogen and oxygen atoms in total. The summed E-state index contributed by atoms with van der Waals surface area (Å²) in [5.41, 5.74) is 7.62. The van der Waals surface area contributed by atoms with E-state index in [4.69, 9.17) is 5.73 Å². The van der Waals surface area contributed by atoms with Crippen LogP contribution in [0.4, 0.5) is 0 Å². The smallest absolute Gasteiger partial charge is 0.161 e. The van der Waals surface area contributed by atoms with Crippen molar-refractivity contribution in [3.05, 3.63) is 29.7 Å². The van der Waals surface area contributed by atoms with Crippen molar-refractivity contribution in [2.24, 2.45) is 5.73 Å². The average molecular weight is 234 g/mol. The van der Waals surface area contributed by atoms with Crippen molar-refractivity contribution in [1.82, 2.24) is 14.6 Å². The molecule has 2 aromatic rings. The Hall–Kier alpha value is -1.07. The fourth-order valence-electron chi connectivity index (χ4n) is 2.08. The number of nitrogens with two attached hydrogens (primary N) is 1. The largest absolute Gasteiger partial charge is 0.326 e. The average Bonchev–Trinajstić information content (AvgIpc) is 2.96. The SMILES string of the molecule is NCc1ccn2c(C3CCCS3)nnc2c1. The molecular formula is C11H14N4S. The molecule has 0 aliphatic carbocycles. The molecule has 16 heavy (non-hydrogen) atoms. The van der Waals surface area contributed by atoms with Gasteiger partial charge in [-0.3, -0.25) is 4.40 Å². The second kappa shape index (κ2) is 4.07. The monoisotopic (exact) mass is 234 g/mol. The highest BCUT2D eigenvalue weighted by atomic mass is 32.2. The van der Waals surface area contributed by atoms with E-state index in [0.717, 1.165) is 17.0 Å². The van der Waals surface area contributed by atoms with Gasteiger partial charge in [-0.05, 0) is 36.3 Å². The molecule has 1 unspecified atom stereocenters. The zero-order valence-electron chi connectivity index (χ0n) is 8.97. The Kier molecular flexibility index (Phi) is 2.57. The van der Waals surface area contributed by atoms with Crippen LogP contribution in [0.2, 0.25) is 0 Å². The van der Waals surface area contributed by atoms with Gasteiger partial charge in [-0.1, -0.05) is 0 Å². The summed E-state index contributed by atoms with van der Waals surface area (Å²) < 4.78 is 2.09. The summed E-state index contributed by atoms with van der Waals surface area (Å²) in [6.07, 6.45) is 4.53. The number of pyridine rings is 1. The summed E-state index contributed by atoms with van der Waals surface area (Å²) in [5.74, 6) is 2.32. The predicted molar refractivity (Wildman–Crippen MR) is 65.3 cm³/mol. The van der Waals surface area contributed by atoms with E-state index in [2.05, 4.69) is 14.6 Å². The van der Waals surface area contributed by atoms with Gasteiger partial charge in [-0.2, -0.15) is 11.8 Å². The summed E-state index contributed by atoms with van der Waals surface area (Å²) in [5, 5.41) is 9.03. The number of fused-ring (bicyclic) bond motifs is 1. The molecule has 1 aliphatic rings. The van der Waals surface area contributed by atoms with Crippen LogP contribution in [0, 0.1) is 0 Å². The molecule has 0 amide bonds. The van der Waals surface area contributed by atoms with Crippen LogP contribution in [0.1, 0.15) is 29.5 Å². The van der Waals surface area contributed by atoms with Gasteiger partial charge in [0.05, 0.1) is 5.25 Å². The van der Waals surface area contributed by atoms with E-state index in [-0.39, 0.29) is 0 Å². The maximum Gasteiger partial charge on any atom is 0.161 e. The molecule has 1 saturated heterocycles. The fraction of sp³-hybridized carbons (Fsp3) is 0.455. The molecule has 3 heterocycles. The molecule has 1 atom stereocenters. The number of aromatic nitrogens is 3. The predicted octanol–water partition coefficient (Wildman–Crippen LogP) is 1.76. The topological polar surface area (TPSA) is 56.2 Å². The first-order chi connectivity index (χ1) is 7.88. The van der Waals surface area contributed by atoms with Crippen LogP contribution < -0.4 is 5.73 Å². The van der Waals surface area contributed by atoms with E-state index in [1.807, 2.05) is 30.1 Å². The van der Waals surface area contributed by atoms with Crippen molar-refractivity contribution in [1.29, 1.82) is 0 Å². The highest BCUT2D eigenvalue weighted by Gasteiger charge is 2.22. The molecule has 0 aromatic carbocycles. The lowest BCUT2D eigenvalue weighted by molar-refractivity contribution is 0.766. The van der Waals surface area contributed by atoms with Gasteiger partial charge < -0.3 is 5.73 Å². The lowest BCUT2D eigenvalue weighted by Gasteiger charge is -2.06. The maximum atomic E-state index is 5.61. The summed E-state index contributed by atoms with van der Waals surface area (Å²) in [4.78, 5) is 0. The van der Waals surface area contributed by atoms with Crippen molar-refractivity contribution in [2.45, 2.75) is 24.6 Å². The van der Waals surface area contributed by atoms with E-state index in [1.54, 1.807) is 0 Å². The molecule has 0 spiro atoms. The van der Waals surface area contributed by atoms with Gasteiger partial charge in [0.15, 0.2) is 11.5 Å². The molecular weight excluding hydrogens is 220 g/mol. The van der Waals surface area contributed by atoms with Crippen LogP contribution in [0.25, 0.3) is 5.65 Å². The lowest BCUT2D eigenvalue weighted by atomic mass is 10.2. The van der Waals surface area contributed by atoms with E-state index >= 15 is 0 Å². The first kappa shape index (κ1) is 10.1. The highest BCUT2D eigenvalue weighted by molar-refractivity contribution is 7.99. The van der Waals surface area contributed by atoms with Gasteiger partial charge in [-0.25, -0.2) is 0 Å². The minimum atomic E-state index is 0.513. The van der Waals surface area contributed by atoms with Crippen molar-refractivity contribution in [3.63, 3.8) is 0 Å². The van der Waals surface area contributed by atoms with Crippen LogP contribution in [0.15, 0.2) is 18.3 Å². The Bertz CT molecular complexity index is 502. The molecule has 1 aliphatic heterocycles. The van der Waals surface area contributed by atoms with Gasteiger partial charge in [0.25, 0.3) is 0 Å². The Morgan fingerprint density at radius 2 is 2.44 bits per heavy atom. The van der Waals surface area contributed by atoms with Crippen molar-refractivity contribution in [2.75, 3.05) is 5.75 Å². The Morgan fingerprint density at radius 1 is 1.50 bits per heavy atom. The summed E-state index contributed by atoms with van der Waals surface area (Å²) in [6.45, 7) is 0.552. The molecule has 0 saturated carbocycles. The molecule has 0 bridgehead atoms. The van der Waals surface area contributed by atoms with Crippen LogP contribution in [-0.2, 0) is 6.54 Å². The quantitative estimate of drug-likeness (QED) is 0.860.